The maximum absolute atomic E-state index is 6.63. The fraction of sp³-hybridized carbons (Fsp3) is 0. The predicted molar refractivity (Wildman–Crippen MR) is 305 cm³/mol. The Labute approximate surface area is 356 Å². The first-order chi connectivity index (χ1) is 27.6. The molecule has 0 bridgehead atoms. The molecule has 1 heterocycles. The monoisotopic (exact) mass is 726 g/mol. The summed E-state index contributed by atoms with van der Waals surface area (Å²) in [5, 5.41) is 10.7. The number of hydrogen-bond acceptors (Lipinski definition) is 1. The van der Waals surface area contributed by atoms with E-state index in [4.69, 9.17) is 4.42 Å². The van der Waals surface area contributed by atoms with Crippen LogP contribution >= 0.6 is 0 Å². The van der Waals surface area contributed by atoms with Gasteiger partial charge in [0, 0.05) is 10.8 Å². The van der Waals surface area contributed by atoms with Gasteiger partial charge in [-0.15, -0.1) is 38.2 Å². The van der Waals surface area contributed by atoms with Crippen LogP contribution in [0.3, 0.4) is 0 Å². The van der Waals surface area contributed by atoms with E-state index in [1.54, 1.807) is 0 Å². The van der Waals surface area contributed by atoms with Crippen LogP contribution in [0, 0.1) is 0 Å². The fourth-order valence-electron chi connectivity index (χ4n) is 10.8. The zero-order valence-corrected chi connectivity index (χ0v) is 37.3. The zero-order valence-electron chi connectivity index (χ0n) is 37.3. The Hall–Kier alpha value is -4.69. The highest BCUT2D eigenvalue weighted by Gasteiger charge is 2.29. The van der Waals surface area contributed by atoms with Crippen LogP contribution in [0.5, 0.6) is 0 Å². The van der Waals surface area contributed by atoms with Gasteiger partial charge in [-0.1, -0.05) is 92.2 Å². The standard InChI is InChI=1S/C42H41B15O/c43-28-21-18(13-9-10-16-15(11-13)19-14(7-4-8-17(19)58-16)12-5-2-1-3-6-12)22-24(32(47)40(55)38(53)29(22)44)20(23(21)31(46)39(54)37(28)52)25-26-27(34(49)36(51)30(25)45)35(50)42(57)41(56)33(26)48/h1-11H,43-57H2. The molecule has 0 amide bonds. The first kappa shape index (κ1) is 38.8. The average Bonchev–Trinajstić information content (AvgIpc) is 3.61. The number of fused-ring (bicyclic) bond motifs is 6. The van der Waals surface area contributed by atoms with Crippen molar-refractivity contribution in [3.63, 3.8) is 0 Å². The highest BCUT2D eigenvalue weighted by atomic mass is 16.3. The van der Waals surface area contributed by atoms with Crippen LogP contribution in [0.2, 0.25) is 0 Å². The maximum Gasteiger partial charge on any atom is 0.139 e. The first-order valence-corrected chi connectivity index (χ1v) is 21.1. The van der Waals surface area contributed by atoms with Gasteiger partial charge in [-0.05, 0) is 83.9 Å². The molecule has 9 aromatic rings. The van der Waals surface area contributed by atoms with Crippen LogP contribution in [0.25, 0.3) is 87.6 Å². The minimum absolute atomic E-state index is 0.918. The summed E-state index contributed by atoms with van der Waals surface area (Å²) in [5.74, 6) is 0. The van der Waals surface area contributed by atoms with Crippen molar-refractivity contribution >= 4 is 254 Å². The molecule has 260 valence electrons. The van der Waals surface area contributed by atoms with E-state index in [1.165, 1.54) is 153 Å². The van der Waals surface area contributed by atoms with Gasteiger partial charge in [-0.3, -0.25) is 0 Å². The van der Waals surface area contributed by atoms with E-state index < -0.39 is 0 Å². The van der Waals surface area contributed by atoms with Gasteiger partial charge in [-0.2, -0.15) is 0 Å². The summed E-state index contributed by atoms with van der Waals surface area (Å²) in [7, 11) is 35.3. The molecule has 8 aromatic carbocycles. The van der Waals surface area contributed by atoms with Gasteiger partial charge in [0.25, 0.3) is 0 Å². The molecule has 0 spiro atoms. The largest absolute Gasteiger partial charge is 0.456 e. The van der Waals surface area contributed by atoms with Crippen molar-refractivity contribution in [3.8, 4) is 33.4 Å². The van der Waals surface area contributed by atoms with Crippen molar-refractivity contribution in [2.75, 3.05) is 0 Å². The smallest absolute Gasteiger partial charge is 0.139 e. The molecule has 0 fully saturated rings. The SMILES string of the molecule is Bc1c(B)c(B)c2c(-c3c4c(B)c(B)c(B)c(B)c4c(-c4ccc5oc6cccc(-c7ccccc7)c6c5c4)c4c(B)c(B)c(B)c(B)c34)c(B)c(B)c(B)c2c1B. The van der Waals surface area contributed by atoms with Gasteiger partial charge in [0.15, 0.2) is 0 Å². The van der Waals surface area contributed by atoms with Gasteiger partial charge < -0.3 is 4.42 Å². The Kier molecular flexibility index (Phi) is 9.16. The van der Waals surface area contributed by atoms with E-state index >= 15 is 0 Å². The highest BCUT2D eigenvalue weighted by Crippen LogP contribution is 2.44. The molecule has 0 radical (unpaired) electrons. The average molecular weight is 724 g/mol. The van der Waals surface area contributed by atoms with Crippen molar-refractivity contribution in [1.29, 1.82) is 0 Å². The van der Waals surface area contributed by atoms with Crippen molar-refractivity contribution in [3.05, 3.63) is 66.7 Å². The third-order valence-electron chi connectivity index (χ3n) is 15.3. The Balaban J connectivity index is 1.58. The summed E-state index contributed by atoms with van der Waals surface area (Å²) >= 11 is 0. The Morgan fingerprint density at radius 2 is 0.707 bits per heavy atom. The lowest BCUT2D eigenvalue weighted by Crippen LogP contribution is -2.53. The molecule has 0 saturated carbocycles. The molecular weight excluding hydrogens is 683 g/mol. The number of rotatable bonds is 3. The molecule has 0 atom stereocenters. The van der Waals surface area contributed by atoms with Crippen LogP contribution in [0.15, 0.2) is 71.1 Å². The number of furan rings is 1. The molecule has 0 saturated heterocycles. The van der Waals surface area contributed by atoms with Gasteiger partial charge >= 0.3 is 0 Å². The molecule has 0 unspecified atom stereocenters. The highest BCUT2D eigenvalue weighted by molar-refractivity contribution is 6.75. The normalized spacial score (nSPS) is 11.8. The second-order valence-electron chi connectivity index (χ2n) is 17.6. The lowest BCUT2D eigenvalue weighted by Gasteiger charge is -2.31. The van der Waals surface area contributed by atoms with E-state index in [0.717, 1.165) is 16.6 Å². The molecule has 1 nitrogen and oxygen atoms in total. The first-order valence-electron chi connectivity index (χ1n) is 21.1. The molecule has 9 rings (SSSR count). The Bertz CT molecular complexity index is 3250. The topological polar surface area (TPSA) is 13.1 Å². The summed E-state index contributed by atoms with van der Waals surface area (Å²) in [6.07, 6.45) is 0. The Morgan fingerprint density at radius 3 is 1.21 bits per heavy atom. The van der Waals surface area contributed by atoms with Crippen molar-refractivity contribution in [1.82, 2.24) is 0 Å². The van der Waals surface area contributed by atoms with Crippen molar-refractivity contribution < 1.29 is 4.42 Å². The fourth-order valence-corrected chi connectivity index (χ4v) is 10.8. The lowest BCUT2D eigenvalue weighted by atomic mass is 9.56. The van der Waals surface area contributed by atoms with Crippen LogP contribution < -0.4 is 81.9 Å². The number of benzene rings is 8. The third-order valence-corrected chi connectivity index (χ3v) is 15.3. The molecule has 58 heavy (non-hydrogen) atoms. The van der Waals surface area contributed by atoms with E-state index in [2.05, 4.69) is 184 Å². The molecular formula is C42H41B15O. The molecule has 0 aliphatic carbocycles. The summed E-state index contributed by atoms with van der Waals surface area (Å²) in [4.78, 5) is 0. The molecule has 0 N–H and O–H groups in total. The van der Waals surface area contributed by atoms with Gasteiger partial charge in [0.2, 0.25) is 0 Å². The summed E-state index contributed by atoms with van der Waals surface area (Å²) < 4.78 is 6.63. The quantitative estimate of drug-likeness (QED) is 0.131. The molecule has 0 aliphatic heterocycles. The maximum atomic E-state index is 6.63. The van der Waals surface area contributed by atoms with E-state index in [1.807, 2.05) is 0 Å². The molecule has 1 aromatic heterocycles. The van der Waals surface area contributed by atoms with Crippen LogP contribution in [0.1, 0.15) is 0 Å². The van der Waals surface area contributed by atoms with Gasteiger partial charge in [-0.25, -0.2) is 0 Å². The lowest BCUT2D eigenvalue weighted by molar-refractivity contribution is 0.669. The van der Waals surface area contributed by atoms with Crippen LogP contribution in [-0.2, 0) is 0 Å². The van der Waals surface area contributed by atoms with Crippen molar-refractivity contribution in [2.24, 2.45) is 0 Å². The summed E-state index contributed by atoms with van der Waals surface area (Å²) in [6.45, 7) is 0. The second kappa shape index (κ2) is 13.7. The third kappa shape index (κ3) is 5.18. The van der Waals surface area contributed by atoms with Gasteiger partial charge in [0.05, 0.1) is 0 Å². The van der Waals surface area contributed by atoms with E-state index in [-0.39, 0.29) is 0 Å². The minimum Gasteiger partial charge on any atom is -0.456 e. The number of hydrogen-bond donors (Lipinski definition) is 0. The molecule has 0 aliphatic rings. The summed E-state index contributed by atoms with van der Waals surface area (Å²) in [5.41, 5.74) is 30.4. The van der Waals surface area contributed by atoms with E-state index in [9.17, 15) is 0 Å². The predicted octanol–water partition coefficient (Wildman–Crippen LogP) is -14.1. The second-order valence-corrected chi connectivity index (χ2v) is 17.6. The van der Waals surface area contributed by atoms with Crippen LogP contribution in [-0.4, -0.2) is 118 Å². The summed E-state index contributed by atoms with van der Waals surface area (Å²) in [6, 6.07) is 24.2. The van der Waals surface area contributed by atoms with Gasteiger partial charge in [0.1, 0.15) is 129 Å². The Morgan fingerprint density at radius 1 is 0.276 bits per heavy atom. The molecule has 16 heteroatoms. The van der Waals surface area contributed by atoms with E-state index in [0.29, 0.717) is 0 Å². The van der Waals surface area contributed by atoms with Crippen LogP contribution in [0.4, 0.5) is 0 Å². The van der Waals surface area contributed by atoms with Crippen molar-refractivity contribution in [2.45, 2.75) is 0 Å². The zero-order chi connectivity index (χ0) is 41.4. The minimum atomic E-state index is 0.918.